The number of benzene rings is 1. The molecule has 0 saturated carbocycles. The first-order chi connectivity index (χ1) is 11.6. The maximum absolute atomic E-state index is 13.0. The molecule has 2 fully saturated rings. The first-order valence-corrected chi connectivity index (χ1v) is 9.10. The van der Waals surface area contributed by atoms with Crippen LogP contribution in [0.3, 0.4) is 0 Å². The number of likely N-dealkylation sites (tertiary alicyclic amines) is 1. The van der Waals surface area contributed by atoms with Gasteiger partial charge in [0.05, 0.1) is 0 Å². The third-order valence-electron chi connectivity index (χ3n) is 5.25. The van der Waals surface area contributed by atoms with Crippen molar-refractivity contribution in [1.82, 2.24) is 15.5 Å². The van der Waals surface area contributed by atoms with E-state index in [2.05, 4.69) is 22.5 Å². The summed E-state index contributed by atoms with van der Waals surface area (Å²) in [6.45, 7) is 5.89. The van der Waals surface area contributed by atoms with E-state index in [-0.39, 0.29) is 30.0 Å². The minimum Gasteiger partial charge on any atom is -0.353 e. The number of carbonyl (C=O) groups excluding carboxylic acids is 1. The molecule has 3 rings (SSSR count). The van der Waals surface area contributed by atoms with Crippen LogP contribution in [0.4, 0.5) is 4.39 Å². The zero-order valence-corrected chi connectivity index (χ0v) is 15.7. The number of amides is 1. The Morgan fingerprint density at radius 3 is 2.56 bits per heavy atom. The van der Waals surface area contributed by atoms with Crippen LogP contribution < -0.4 is 10.6 Å². The van der Waals surface area contributed by atoms with Crippen molar-refractivity contribution >= 4 is 18.3 Å². The highest BCUT2D eigenvalue weighted by atomic mass is 35.5. The summed E-state index contributed by atoms with van der Waals surface area (Å²) in [5, 5.41) is 6.65. The number of hydrogen-bond donors (Lipinski definition) is 2. The van der Waals surface area contributed by atoms with Crippen LogP contribution in [0.15, 0.2) is 24.3 Å². The zero-order chi connectivity index (χ0) is 16.9. The minimum absolute atomic E-state index is 0. The Bertz CT molecular complexity index is 546. The molecule has 2 heterocycles. The van der Waals surface area contributed by atoms with Crippen molar-refractivity contribution in [3.8, 4) is 0 Å². The Morgan fingerprint density at radius 2 is 1.92 bits per heavy atom. The topological polar surface area (TPSA) is 44.4 Å². The highest BCUT2D eigenvalue weighted by Gasteiger charge is 2.27. The lowest BCUT2D eigenvalue weighted by Crippen LogP contribution is -2.48. The Labute approximate surface area is 156 Å². The van der Waals surface area contributed by atoms with Crippen molar-refractivity contribution in [3.63, 3.8) is 0 Å². The maximum atomic E-state index is 13.0. The molecule has 1 amide bonds. The van der Waals surface area contributed by atoms with E-state index in [1.54, 1.807) is 0 Å². The summed E-state index contributed by atoms with van der Waals surface area (Å²) in [7, 11) is 0. The minimum atomic E-state index is -0.188. The van der Waals surface area contributed by atoms with Gasteiger partial charge < -0.3 is 10.6 Å². The Kier molecular flexibility index (Phi) is 7.66. The molecule has 1 aromatic rings. The summed E-state index contributed by atoms with van der Waals surface area (Å²) in [6.07, 6.45) is 3.87. The van der Waals surface area contributed by atoms with Crippen molar-refractivity contribution < 1.29 is 9.18 Å². The maximum Gasteiger partial charge on any atom is 0.223 e. The van der Waals surface area contributed by atoms with Crippen molar-refractivity contribution in [1.29, 1.82) is 0 Å². The largest absolute Gasteiger partial charge is 0.353 e. The number of nitrogens with zero attached hydrogens (tertiary/aromatic N) is 1. The standard InChI is InChI=1S/C19H28FN3O.ClH/c1-14-12-16(6-9-21-14)19(24)22-18-7-10-23(11-8-18)13-15-2-4-17(20)5-3-15;/h2-5,14,16,18,21H,6-13H2,1H3,(H,22,24);1H/t14-,16-;/m0./s1. The quantitative estimate of drug-likeness (QED) is 0.857. The molecule has 25 heavy (non-hydrogen) atoms. The monoisotopic (exact) mass is 369 g/mol. The molecule has 0 aliphatic carbocycles. The summed E-state index contributed by atoms with van der Waals surface area (Å²) in [5.74, 6) is 0.214. The fourth-order valence-corrected chi connectivity index (χ4v) is 3.77. The van der Waals surface area contributed by atoms with Gasteiger partial charge in [-0.25, -0.2) is 4.39 Å². The van der Waals surface area contributed by atoms with E-state index in [0.29, 0.717) is 12.1 Å². The van der Waals surface area contributed by atoms with Crippen LogP contribution in [0.1, 0.15) is 38.2 Å². The van der Waals surface area contributed by atoms with Gasteiger partial charge in [0.1, 0.15) is 5.82 Å². The van der Waals surface area contributed by atoms with Crippen molar-refractivity contribution in [2.75, 3.05) is 19.6 Å². The molecule has 6 heteroatoms. The summed E-state index contributed by atoms with van der Waals surface area (Å²) < 4.78 is 13.0. The molecule has 0 bridgehead atoms. The molecule has 4 nitrogen and oxygen atoms in total. The van der Waals surface area contributed by atoms with Gasteiger partial charge >= 0.3 is 0 Å². The average Bonchev–Trinajstić information content (AvgIpc) is 2.59. The van der Waals surface area contributed by atoms with E-state index in [9.17, 15) is 9.18 Å². The van der Waals surface area contributed by atoms with Crippen LogP contribution in [0.2, 0.25) is 0 Å². The van der Waals surface area contributed by atoms with Crippen LogP contribution in [0.5, 0.6) is 0 Å². The predicted octanol–water partition coefficient (Wildman–Crippen LogP) is 2.72. The molecular formula is C19H29ClFN3O. The van der Waals surface area contributed by atoms with Gasteiger partial charge in [-0.1, -0.05) is 12.1 Å². The molecule has 2 aliphatic rings. The highest BCUT2D eigenvalue weighted by Crippen LogP contribution is 2.19. The van der Waals surface area contributed by atoms with E-state index in [1.165, 1.54) is 12.1 Å². The van der Waals surface area contributed by atoms with Gasteiger partial charge in [0.2, 0.25) is 5.91 Å². The SMILES string of the molecule is C[C@H]1C[C@@H](C(=O)NC2CCN(Cc3ccc(F)cc3)CC2)CCN1.Cl. The molecule has 140 valence electrons. The van der Waals surface area contributed by atoms with Gasteiger partial charge in [-0.3, -0.25) is 9.69 Å². The lowest BCUT2D eigenvalue weighted by atomic mass is 9.91. The van der Waals surface area contributed by atoms with E-state index >= 15 is 0 Å². The second kappa shape index (κ2) is 9.51. The number of carbonyl (C=O) groups is 1. The summed E-state index contributed by atoms with van der Waals surface area (Å²) >= 11 is 0. The number of halogens is 2. The van der Waals surface area contributed by atoms with Crippen LogP contribution in [-0.4, -0.2) is 42.5 Å². The van der Waals surface area contributed by atoms with Crippen LogP contribution in [-0.2, 0) is 11.3 Å². The second-order valence-corrected chi connectivity index (χ2v) is 7.26. The Balaban J connectivity index is 0.00000225. The molecule has 0 unspecified atom stereocenters. The van der Waals surface area contributed by atoms with Gasteiger partial charge in [-0.15, -0.1) is 12.4 Å². The molecule has 2 saturated heterocycles. The lowest BCUT2D eigenvalue weighted by Gasteiger charge is -2.34. The number of nitrogens with one attached hydrogen (secondary N) is 2. The van der Waals surface area contributed by atoms with E-state index < -0.39 is 0 Å². The molecule has 0 radical (unpaired) electrons. The molecule has 2 aliphatic heterocycles. The summed E-state index contributed by atoms with van der Waals surface area (Å²) in [6, 6.07) is 7.47. The molecule has 0 spiro atoms. The van der Waals surface area contributed by atoms with Crippen LogP contribution in [0, 0.1) is 11.7 Å². The van der Waals surface area contributed by atoms with Gasteiger partial charge in [-0.2, -0.15) is 0 Å². The molecule has 0 aromatic heterocycles. The second-order valence-electron chi connectivity index (χ2n) is 7.26. The van der Waals surface area contributed by atoms with E-state index in [0.717, 1.165) is 57.4 Å². The van der Waals surface area contributed by atoms with Crippen molar-refractivity contribution in [3.05, 3.63) is 35.6 Å². The number of rotatable bonds is 4. The molecule has 1 aromatic carbocycles. The third-order valence-corrected chi connectivity index (χ3v) is 5.25. The van der Waals surface area contributed by atoms with Gasteiger partial charge in [-0.05, 0) is 56.8 Å². The molecular weight excluding hydrogens is 341 g/mol. The fourth-order valence-electron chi connectivity index (χ4n) is 3.77. The lowest BCUT2D eigenvalue weighted by molar-refractivity contribution is -0.127. The fraction of sp³-hybridized carbons (Fsp3) is 0.632. The van der Waals surface area contributed by atoms with Crippen molar-refractivity contribution in [2.45, 2.75) is 51.2 Å². The predicted molar refractivity (Wildman–Crippen MR) is 100 cm³/mol. The Hall–Kier alpha value is -1.17. The first kappa shape index (κ1) is 20.1. The van der Waals surface area contributed by atoms with Crippen LogP contribution >= 0.6 is 12.4 Å². The first-order valence-electron chi connectivity index (χ1n) is 9.10. The van der Waals surface area contributed by atoms with Gasteiger partial charge in [0.25, 0.3) is 0 Å². The smallest absolute Gasteiger partial charge is 0.223 e. The van der Waals surface area contributed by atoms with Gasteiger partial charge in [0, 0.05) is 37.6 Å². The normalized spacial score (nSPS) is 25.2. The number of piperidine rings is 2. The van der Waals surface area contributed by atoms with E-state index in [1.807, 2.05) is 12.1 Å². The Morgan fingerprint density at radius 1 is 1.24 bits per heavy atom. The highest BCUT2D eigenvalue weighted by molar-refractivity contribution is 5.85. The van der Waals surface area contributed by atoms with Crippen molar-refractivity contribution in [2.24, 2.45) is 5.92 Å². The van der Waals surface area contributed by atoms with Crippen LogP contribution in [0.25, 0.3) is 0 Å². The molecule has 2 N–H and O–H groups in total. The zero-order valence-electron chi connectivity index (χ0n) is 14.8. The third kappa shape index (κ3) is 5.94. The van der Waals surface area contributed by atoms with E-state index in [4.69, 9.17) is 0 Å². The summed E-state index contributed by atoms with van der Waals surface area (Å²) in [4.78, 5) is 14.8. The molecule has 2 atom stereocenters. The number of hydrogen-bond acceptors (Lipinski definition) is 3. The van der Waals surface area contributed by atoms with Gasteiger partial charge in [0.15, 0.2) is 0 Å². The summed E-state index contributed by atoms with van der Waals surface area (Å²) in [5.41, 5.74) is 1.14. The average molecular weight is 370 g/mol.